The lowest BCUT2D eigenvalue weighted by Crippen LogP contribution is -2.25. The summed E-state index contributed by atoms with van der Waals surface area (Å²) in [5.74, 6) is -1.56. The summed E-state index contributed by atoms with van der Waals surface area (Å²) in [4.78, 5) is 41.1. The van der Waals surface area contributed by atoms with E-state index in [2.05, 4.69) is 9.72 Å². The van der Waals surface area contributed by atoms with Gasteiger partial charge in [-0.15, -0.1) is 0 Å². The van der Waals surface area contributed by atoms with E-state index in [9.17, 15) is 18.8 Å². The average Bonchev–Trinajstić information content (AvgIpc) is 2.71. The lowest BCUT2D eigenvalue weighted by molar-refractivity contribution is -0.140. The number of hydrogen-bond donors (Lipinski definition) is 0. The molecule has 0 radical (unpaired) electrons. The monoisotopic (exact) mass is 400 g/mol. The van der Waals surface area contributed by atoms with Crippen LogP contribution in [0.2, 0.25) is 0 Å². The highest BCUT2D eigenvalue weighted by Gasteiger charge is 2.16. The van der Waals surface area contributed by atoms with Crippen LogP contribution in [-0.2, 0) is 16.1 Å². The van der Waals surface area contributed by atoms with Crippen molar-refractivity contribution in [1.82, 2.24) is 9.55 Å². The Labute approximate surface area is 164 Å². The van der Waals surface area contributed by atoms with Gasteiger partial charge >= 0.3 is 5.97 Å². The van der Waals surface area contributed by atoms with Crippen LogP contribution in [0.5, 0.6) is 0 Å². The molecular weight excluding hydrogens is 383 g/mol. The van der Waals surface area contributed by atoms with E-state index in [0.29, 0.717) is 10.9 Å². The number of esters is 1. The molecule has 0 amide bonds. The van der Waals surface area contributed by atoms with Gasteiger partial charge < -0.3 is 4.74 Å². The van der Waals surface area contributed by atoms with Crippen LogP contribution in [0.15, 0.2) is 58.5 Å². The van der Waals surface area contributed by atoms with Gasteiger partial charge in [0.25, 0.3) is 5.56 Å². The number of rotatable bonds is 7. The number of fused-ring (bicyclic) bond motifs is 1. The number of hydrogen-bond acceptors (Lipinski definition) is 6. The first-order valence-electron chi connectivity index (χ1n) is 8.48. The average molecular weight is 400 g/mol. The number of benzene rings is 2. The Morgan fingerprint density at radius 3 is 2.61 bits per heavy atom. The Balaban J connectivity index is 1.92. The fraction of sp³-hybridized carbons (Fsp3) is 0.200. The van der Waals surface area contributed by atoms with Gasteiger partial charge in [0, 0.05) is 6.54 Å². The molecular formula is C20H17FN2O4S. The van der Waals surface area contributed by atoms with Gasteiger partial charge in [-0.2, -0.15) is 0 Å². The number of carbonyl (C=O) groups is 2. The second kappa shape index (κ2) is 8.79. The third kappa shape index (κ3) is 4.28. The first kappa shape index (κ1) is 19.8. The molecule has 0 atom stereocenters. The van der Waals surface area contributed by atoms with E-state index in [1.165, 1.54) is 29.9 Å². The molecule has 0 saturated heterocycles. The molecule has 1 aromatic heterocycles. The fourth-order valence-electron chi connectivity index (χ4n) is 2.66. The van der Waals surface area contributed by atoms with Gasteiger partial charge in [0.1, 0.15) is 5.82 Å². The number of ether oxygens (including phenoxy) is 1. The molecule has 0 aliphatic heterocycles. The summed E-state index contributed by atoms with van der Waals surface area (Å²) in [5, 5.41) is 0.703. The standard InChI is InChI=1S/C20H17FN2O4S/c1-27-18(25)10-11-23-19(26)14-7-3-5-9-16(14)22-20(23)28-12-17(24)13-6-2-4-8-15(13)21/h2-9H,10-12H2,1H3. The summed E-state index contributed by atoms with van der Waals surface area (Å²) in [6, 6.07) is 12.6. The van der Waals surface area contributed by atoms with Crippen molar-refractivity contribution in [3.05, 3.63) is 70.3 Å². The molecule has 2 aromatic carbocycles. The molecule has 0 aliphatic carbocycles. The quantitative estimate of drug-likeness (QED) is 0.263. The zero-order chi connectivity index (χ0) is 20.1. The molecule has 0 aliphatic rings. The Kier molecular flexibility index (Phi) is 6.20. The molecule has 0 unspecified atom stereocenters. The molecule has 0 spiro atoms. The van der Waals surface area contributed by atoms with E-state index in [0.717, 1.165) is 11.8 Å². The second-order valence-electron chi connectivity index (χ2n) is 5.89. The van der Waals surface area contributed by atoms with Crippen molar-refractivity contribution in [3.8, 4) is 0 Å². The maximum atomic E-state index is 13.8. The molecule has 8 heteroatoms. The minimum atomic E-state index is -0.595. The number of halogens is 1. The molecule has 0 saturated carbocycles. The third-order valence-corrected chi connectivity index (χ3v) is 5.08. The van der Waals surface area contributed by atoms with Gasteiger partial charge in [-0.25, -0.2) is 9.37 Å². The van der Waals surface area contributed by atoms with E-state index < -0.39 is 17.6 Å². The zero-order valence-corrected chi connectivity index (χ0v) is 15.9. The molecule has 0 bridgehead atoms. The number of thioether (sulfide) groups is 1. The SMILES string of the molecule is COC(=O)CCn1c(SCC(=O)c2ccccc2F)nc2ccccc2c1=O. The molecule has 0 N–H and O–H groups in total. The van der Waals surface area contributed by atoms with Gasteiger partial charge in [0.2, 0.25) is 0 Å². The van der Waals surface area contributed by atoms with Crippen LogP contribution in [-0.4, -0.2) is 34.2 Å². The molecule has 6 nitrogen and oxygen atoms in total. The van der Waals surface area contributed by atoms with Crippen molar-refractivity contribution in [2.45, 2.75) is 18.1 Å². The summed E-state index contributed by atoms with van der Waals surface area (Å²) in [5.41, 5.74) is 0.164. The van der Waals surface area contributed by atoms with Crippen LogP contribution in [0.3, 0.4) is 0 Å². The predicted molar refractivity (Wildman–Crippen MR) is 104 cm³/mol. The normalized spacial score (nSPS) is 10.8. The molecule has 3 aromatic rings. The van der Waals surface area contributed by atoms with Crippen LogP contribution in [0, 0.1) is 5.82 Å². The summed E-state index contributed by atoms with van der Waals surface area (Å²) in [6.45, 7) is 0.0690. The Bertz CT molecular complexity index is 1100. The lowest BCUT2D eigenvalue weighted by Gasteiger charge is -2.12. The smallest absolute Gasteiger partial charge is 0.307 e. The van der Waals surface area contributed by atoms with Crippen molar-refractivity contribution < 1.29 is 18.7 Å². The Morgan fingerprint density at radius 1 is 1.14 bits per heavy atom. The van der Waals surface area contributed by atoms with Crippen molar-refractivity contribution in [1.29, 1.82) is 0 Å². The molecule has 28 heavy (non-hydrogen) atoms. The van der Waals surface area contributed by atoms with Crippen LogP contribution >= 0.6 is 11.8 Å². The number of nitrogens with zero attached hydrogens (tertiary/aromatic N) is 2. The second-order valence-corrected chi connectivity index (χ2v) is 6.83. The van der Waals surface area contributed by atoms with E-state index in [4.69, 9.17) is 0 Å². The van der Waals surface area contributed by atoms with E-state index in [1.807, 2.05) is 0 Å². The number of aromatic nitrogens is 2. The highest BCUT2D eigenvalue weighted by Crippen LogP contribution is 2.20. The van der Waals surface area contributed by atoms with Crippen LogP contribution in [0.4, 0.5) is 4.39 Å². The highest BCUT2D eigenvalue weighted by atomic mass is 32.2. The molecule has 0 fully saturated rings. The highest BCUT2D eigenvalue weighted by molar-refractivity contribution is 7.99. The number of methoxy groups -OCH3 is 1. The fourth-order valence-corrected chi connectivity index (χ4v) is 3.56. The van der Waals surface area contributed by atoms with Crippen LogP contribution < -0.4 is 5.56 Å². The predicted octanol–water partition coefficient (Wildman–Crippen LogP) is 3.07. The van der Waals surface area contributed by atoms with Crippen molar-refractivity contribution in [2.75, 3.05) is 12.9 Å². The maximum Gasteiger partial charge on any atom is 0.307 e. The van der Waals surface area contributed by atoms with Gasteiger partial charge in [0.05, 0.1) is 35.7 Å². The van der Waals surface area contributed by atoms with E-state index in [-0.39, 0.29) is 35.0 Å². The van der Waals surface area contributed by atoms with Gasteiger partial charge in [0.15, 0.2) is 10.9 Å². The molecule has 144 valence electrons. The maximum absolute atomic E-state index is 13.8. The van der Waals surface area contributed by atoms with Crippen molar-refractivity contribution >= 4 is 34.4 Å². The van der Waals surface area contributed by atoms with Crippen LogP contribution in [0.25, 0.3) is 10.9 Å². The van der Waals surface area contributed by atoms with E-state index in [1.54, 1.807) is 30.3 Å². The Morgan fingerprint density at radius 2 is 1.86 bits per heavy atom. The van der Waals surface area contributed by atoms with Crippen LogP contribution in [0.1, 0.15) is 16.8 Å². The minimum absolute atomic E-state index is 0.00868. The minimum Gasteiger partial charge on any atom is -0.469 e. The number of Topliss-reactive ketones (excluding diaryl/α,β-unsaturated/α-hetero) is 1. The lowest BCUT2D eigenvalue weighted by atomic mass is 10.1. The number of ketones is 1. The Hall–Kier alpha value is -3.00. The topological polar surface area (TPSA) is 78.3 Å². The molecule has 3 rings (SSSR count). The summed E-state index contributed by atoms with van der Waals surface area (Å²) in [6.07, 6.45) is -0.00868. The number of carbonyl (C=O) groups excluding carboxylic acids is 2. The van der Waals surface area contributed by atoms with Gasteiger partial charge in [-0.3, -0.25) is 19.0 Å². The first-order chi connectivity index (χ1) is 13.5. The van der Waals surface area contributed by atoms with E-state index >= 15 is 0 Å². The van der Waals surface area contributed by atoms with Crippen molar-refractivity contribution in [3.63, 3.8) is 0 Å². The van der Waals surface area contributed by atoms with Gasteiger partial charge in [-0.05, 0) is 24.3 Å². The van der Waals surface area contributed by atoms with Gasteiger partial charge in [-0.1, -0.05) is 36.0 Å². The molecule has 1 heterocycles. The summed E-state index contributed by atoms with van der Waals surface area (Å²) < 4.78 is 19.8. The summed E-state index contributed by atoms with van der Waals surface area (Å²) in [7, 11) is 1.27. The zero-order valence-electron chi connectivity index (χ0n) is 15.1. The first-order valence-corrected chi connectivity index (χ1v) is 9.46. The number of para-hydroxylation sites is 1. The van der Waals surface area contributed by atoms with Crippen molar-refractivity contribution in [2.24, 2.45) is 0 Å². The largest absolute Gasteiger partial charge is 0.469 e. The third-order valence-electron chi connectivity index (χ3n) is 4.10. The summed E-state index contributed by atoms with van der Waals surface area (Å²) >= 11 is 1.03.